The first-order chi connectivity index (χ1) is 8.11. The van der Waals surface area contributed by atoms with Crippen LogP contribution < -0.4 is 10.6 Å². The zero-order valence-corrected chi connectivity index (χ0v) is 11.3. The standard InChI is InChI=1S/C10H13N5S2/c1-4-5-11-9(16)12-8-13-10-15(14-8)6(2)7(3)17-10/h4H,1,5H2,2-3H3,(H2,11,12,14,16). The van der Waals surface area contributed by atoms with Crippen molar-refractivity contribution >= 4 is 39.6 Å². The lowest BCUT2D eigenvalue weighted by molar-refractivity contribution is 0.928. The molecule has 0 unspecified atom stereocenters. The van der Waals surface area contributed by atoms with Crippen LogP contribution in [0.25, 0.3) is 4.96 Å². The number of nitrogens with one attached hydrogen (secondary N) is 2. The molecule has 2 heterocycles. The van der Waals surface area contributed by atoms with Gasteiger partial charge in [-0.15, -0.1) is 11.7 Å². The molecule has 90 valence electrons. The third kappa shape index (κ3) is 2.45. The van der Waals surface area contributed by atoms with Crippen LogP contribution in [0.2, 0.25) is 0 Å². The molecule has 0 spiro atoms. The Hall–Kier alpha value is -1.47. The number of rotatable bonds is 3. The number of nitrogens with zero attached hydrogens (tertiary/aromatic N) is 3. The largest absolute Gasteiger partial charge is 0.359 e. The molecule has 0 fully saturated rings. The molecule has 7 heteroatoms. The molecule has 0 saturated heterocycles. The van der Waals surface area contributed by atoms with Crippen molar-refractivity contribution < 1.29 is 0 Å². The van der Waals surface area contributed by atoms with Crippen molar-refractivity contribution in [2.75, 3.05) is 11.9 Å². The molecule has 0 aliphatic carbocycles. The van der Waals surface area contributed by atoms with Crippen LogP contribution in [0, 0.1) is 13.8 Å². The summed E-state index contributed by atoms with van der Waals surface area (Å²) in [4.78, 5) is 6.44. The molecule has 5 nitrogen and oxygen atoms in total. The Morgan fingerprint density at radius 3 is 3.00 bits per heavy atom. The van der Waals surface area contributed by atoms with Gasteiger partial charge in [-0.3, -0.25) is 5.32 Å². The zero-order chi connectivity index (χ0) is 12.4. The van der Waals surface area contributed by atoms with Gasteiger partial charge in [0.05, 0.1) is 5.69 Å². The molecule has 2 aromatic rings. The maximum Gasteiger partial charge on any atom is 0.250 e. The molecular weight excluding hydrogens is 254 g/mol. The first-order valence-corrected chi connectivity index (χ1v) is 6.33. The van der Waals surface area contributed by atoms with Gasteiger partial charge in [-0.2, -0.15) is 4.98 Å². The minimum Gasteiger partial charge on any atom is -0.359 e. The molecule has 0 amide bonds. The van der Waals surface area contributed by atoms with Gasteiger partial charge in [-0.25, -0.2) is 4.52 Å². The zero-order valence-electron chi connectivity index (χ0n) is 9.65. The third-order valence-corrected chi connectivity index (χ3v) is 3.58. The molecule has 0 saturated carbocycles. The molecular formula is C10H13N5S2. The second-order valence-electron chi connectivity index (χ2n) is 3.50. The molecule has 0 aliphatic heterocycles. The number of anilines is 1. The normalized spacial score (nSPS) is 10.5. The van der Waals surface area contributed by atoms with Crippen molar-refractivity contribution in [3.05, 3.63) is 23.2 Å². The molecule has 2 aromatic heterocycles. The number of fused-ring (bicyclic) bond motifs is 1. The Kier molecular flexibility index (Phi) is 3.39. The predicted octanol–water partition coefficient (Wildman–Crippen LogP) is 1.88. The van der Waals surface area contributed by atoms with Gasteiger partial charge in [0.1, 0.15) is 0 Å². The van der Waals surface area contributed by atoms with Crippen LogP contribution in [0.3, 0.4) is 0 Å². The molecule has 2 N–H and O–H groups in total. The average molecular weight is 267 g/mol. The van der Waals surface area contributed by atoms with Crippen molar-refractivity contribution in [3.8, 4) is 0 Å². The van der Waals surface area contributed by atoms with Gasteiger partial charge in [0.25, 0.3) is 0 Å². The van der Waals surface area contributed by atoms with E-state index in [1.165, 1.54) is 4.88 Å². The summed E-state index contributed by atoms with van der Waals surface area (Å²) in [6, 6.07) is 0. The van der Waals surface area contributed by atoms with Crippen LogP contribution in [0.4, 0.5) is 5.95 Å². The Morgan fingerprint density at radius 2 is 2.35 bits per heavy atom. The molecule has 0 aromatic carbocycles. The number of aryl methyl sites for hydroxylation is 2. The van der Waals surface area contributed by atoms with E-state index in [-0.39, 0.29) is 0 Å². The van der Waals surface area contributed by atoms with Crippen LogP contribution >= 0.6 is 23.6 Å². The highest BCUT2D eigenvalue weighted by atomic mass is 32.1. The first kappa shape index (κ1) is 12.0. The lowest BCUT2D eigenvalue weighted by Gasteiger charge is -2.04. The molecule has 0 atom stereocenters. The summed E-state index contributed by atoms with van der Waals surface area (Å²) >= 11 is 6.70. The smallest absolute Gasteiger partial charge is 0.250 e. The number of hydrogen-bond acceptors (Lipinski definition) is 4. The summed E-state index contributed by atoms with van der Waals surface area (Å²) < 4.78 is 1.82. The Bertz CT molecular complexity index is 569. The fourth-order valence-corrected chi connectivity index (χ4v) is 2.38. The molecule has 2 rings (SSSR count). The fourth-order valence-electron chi connectivity index (χ4n) is 1.31. The monoisotopic (exact) mass is 267 g/mol. The lowest BCUT2D eigenvalue weighted by atomic mass is 10.4. The van der Waals surface area contributed by atoms with Crippen LogP contribution in [0.5, 0.6) is 0 Å². The van der Waals surface area contributed by atoms with E-state index in [1.54, 1.807) is 17.4 Å². The van der Waals surface area contributed by atoms with Gasteiger partial charge in [-0.05, 0) is 26.1 Å². The van der Waals surface area contributed by atoms with E-state index >= 15 is 0 Å². The quantitative estimate of drug-likeness (QED) is 0.657. The van der Waals surface area contributed by atoms with E-state index in [1.807, 2.05) is 11.4 Å². The van der Waals surface area contributed by atoms with Crippen molar-refractivity contribution in [1.29, 1.82) is 0 Å². The average Bonchev–Trinajstić information content (AvgIpc) is 2.77. The second-order valence-corrected chi connectivity index (χ2v) is 5.09. The maximum atomic E-state index is 5.08. The van der Waals surface area contributed by atoms with Crippen LogP contribution in [0.15, 0.2) is 12.7 Å². The van der Waals surface area contributed by atoms with E-state index < -0.39 is 0 Å². The summed E-state index contributed by atoms with van der Waals surface area (Å²) in [6.45, 7) is 8.30. The maximum absolute atomic E-state index is 5.08. The Balaban J connectivity index is 2.14. The van der Waals surface area contributed by atoms with Gasteiger partial charge >= 0.3 is 0 Å². The van der Waals surface area contributed by atoms with E-state index in [0.717, 1.165) is 10.7 Å². The summed E-state index contributed by atoms with van der Waals surface area (Å²) in [5, 5.41) is 10.7. The van der Waals surface area contributed by atoms with Gasteiger partial charge in [-0.1, -0.05) is 17.4 Å². The summed E-state index contributed by atoms with van der Waals surface area (Å²) in [7, 11) is 0. The summed E-state index contributed by atoms with van der Waals surface area (Å²) in [6.07, 6.45) is 1.74. The van der Waals surface area contributed by atoms with E-state index in [4.69, 9.17) is 12.2 Å². The Labute approximate surface area is 109 Å². The summed E-state index contributed by atoms with van der Waals surface area (Å²) in [5.41, 5.74) is 1.11. The third-order valence-electron chi connectivity index (χ3n) is 2.28. The van der Waals surface area contributed by atoms with Crippen molar-refractivity contribution in [2.24, 2.45) is 0 Å². The van der Waals surface area contributed by atoms with Gasteiger partial charge in [0.15, 0.2) is 5.11 Å². The summed E-state index contributed by atoms with van der Waals surface area (Å²) in [5.74, 6) is 0.515. The lowest BCUT2D eigenvalue weighted by Crippen LogP contribution is -2.28. The number of thiazole rings is 1. The van der Waals surface area contributed by atoms with Gasteiger partial charge < -0.3 is 5.32 Å². The molecule has 17 heavy (non-hydrogen) atoms. The minimum absolute atomic E-state index is 0.498. The number of thiocarbonyl (C=S) groups is 1. The highest BCUT2D eigenvalue weighted by Gasteiger charge is 2.10. The van der Waals surface area contributed by atoms with E-state index in [2.05, 4.69) is 34.2 Å². The second kappa shape index (κ2) is 4.80. The van der Waals surface area contributed by atoms with Crippen molar-refractivity contribution in [1.82, 2.24) is 19.9 Å². The van der Waals surface area contributed by atoms with Crippen LogP contribution in [0.1, 0.15) is 10.6 Å². The van der Waals surface area contributed by atoms with Gasteiger partial charge in [0.2, 0.25) is 10.9 Å². The minimum atomic E-state index is 0.498. The number of hydrogen-bond donors (Lipinski definition) is 2. The highest BCUT2D eigenvalue weighted by Crippen LogP contribution is 2.20. The van der Waals surface area contributed by atoms with Gasteiger partial charge in [0, 0.05) is 11.4 Å². The molecule has 0 bridgehead atoms. The highest BCUT2D eigenvalue weighted by molar-refractivity contribution is 7.80. The van der Waals surface area contributed by atoms with E-state index in [9.17, 15) is 0 Å². The van der Waals surface area contributed by atoms with Crippen LogP contribution in [-0.2, 0) is 0 Å². The molecule has 0 aliphatic rings. The van der Waals surface area contributed by atoms with Crippen molar-refractivity contribution in [2.45, 2.75) is 13.8 Å². The SMILES string of the molecule is C=CCNC(=S)Nc1nc2sc(C)c(C)n2n1. The Morgan fingerprint density at radius 1 is 1.59 bits per heavy atom. The van der Waals surface area contributed by atoms with Crippen molar-refractivity contribution in [3.63, 3.8) is 0 Å². The fraction of sp³-hybridized carbons (Fsp3) is 0.300. The van der Waals surface area contributed by atoms with E-state index in [0.29, 0.717) is 17.6 Å². The van der Waals surface area contributed by atoms with Crippen LogP contribution in [-0.4, -0.2) is 26.3 Å². The topological polar surface area (TPSA) is 54.2 Å². The predicted molar refractivity (Wildman–Crippen MR) is 74.8 cm³/mol. The number of aromatic nitrogens is 3. The first-order valence-electron chi connectivity index (χ1n) is 5.10. The molecule has 0 radical (unpaired) electrons.